The van der Waals surface area contributed by atoms with E-state index >= 15 is 0 Å². The van der Waals surface area contributed by atoms with Crippen LogP contribution in [0.1, 0.15) is 33.1 Å². The average molecular weight is 283 g/mol. The molecule has 1 atom stereocenters. The van der Waals surface area contributed by atoms with Crippen molar-refractivity contribution in [2.45, 2.75) is 43.3 Å². The average Bonchev–Trinajstić information content (AvgIpc) is 2.40. The first-order valence-electron chi connectivity index (χ1n) is 6.60. The van der Waals surface area contributed by atoms with Crippen LogP contribution in [-0.2, 0) is 14.6 Å². The Hall–Kier alpha value is -1.36. The van der Waals surface area contributed by atoms with Crippen LogP contribution in [-0.4, -0.2) is 26.1 Å². The van der Waals surface area contributed by atoms with Crippen molar-refractivity contribution in [3.05, 3.63) is 30.3 Å². The van der Waals surface area contributed by atoms with Crippen molar-refractivity contribution in [1.29, 1.82) is 0 Å². The molecule has 19 heavy (non-hydrogen) atoms. The van der Waals surface area contributed by atoms with Crippen molar-refractivity contribution >= 4 is 15.7 Å². The van der Waals surface area contributed by atoms with Gasteiger partial charge >= 0.3 is 0 Å². The fourth-order valence-electron chi connectivity index (χ4n) is 1.88. The monoisotopic (exact) mass is 283 g/mol. The zero-order valence-electron chi connectivity index (χ0n) is 11.4. The van der Waals surface area contributed by atoms with Gasteiger partial charge in [0.15, 0.2) is 9.84 Å². The topological polar surface area (TPSA) is 63.2 Å². The van der Waals surface area contributed by atoms with Gasteiger partial charge in [0.25, 0.3) is 0 Å². The number of hydrogen-bond acceptors (Lipinski definition) is 3. The Kier molecular flexibility index (Phi) is 6.02. The molecule has 0 heterocycles. The minimum Gasteiger partial charge on any atom is -0.355 e. The normalized spacial score (nSPS) is 12.9. The molecule has 1 N–H and O–H groups in total. The number of benzene rings is 1. The lowest BCUT2D eigenvalue weighted by molar-refractivity contribution is -0.120. The van der Waals surface area contributed by atoms with E-state index in [2.05, 4.69) is 5.32 Å². The number of amides is 1. The summed E-state index contributed by atoms with van der Waals surface area (Å²) in [6.07, 6.45) is 1.94. The van der Waals surface area contributed by atoms with Gasteiger partial charge in [-0.25, -0.2) is 8.42 Å². The highest BCUT2D eigenvalue weighted by molar-refractivity contribution is 7.92. The molecule has 0 spiro atoms. The van der Waals surface area contributed by atoms with Crippen molar-refractivity contribution in [2.75, 3.05) is 6.54 Å². The number of unbranched alkanes of at least 4 members (excludes halogenated alkanes) is 1. The van der Waals surface area contributed by atoms with Gasteiger partial charge in [-0.2, -0.15) is 0 Å². The maximum absolute atomic E-state index is 12.5. The summed E-state index contributed by atoms with van der Waals surface area (Å²) in [6.45, 7) is 4.19. The van der Waals surface area contributed by atoms with Crippen LogP contribution < -0.4 is 5.32 Å². The van der Waals surface area contributed by atoms with Crippen LogP contribution in [0.15, 0.2) is 35.2 Å². The summed E-state index contributed by atoms with van der Waals surface area (Å²) in [4.78, 5) is 12.2. The first kappa shape index (κ1) is 15.7. The van der Waals surface area contributed by atoms with Gasteiger partial charge in [-0.3, -0.25) is 4.79 Å². The smallest absolute Gasteiger partial charge is 0.238 e. The summed E-state index contributed by atoms with van der Waals surface area (Å²) in [7, 11) is -3.61. The third-order valence-corrected chi connectivity index (χ3v) is 5.04. The number of rotatable bonds is 7. The first-order chi connectivity index (χ1) is 9.04. The Balaban J connectivity index is 3.05. The molecule has 1 aromatic rings. The van der Waals surface area contributed by atoms with Gasteiger partial charge in [0.2, 0.25) is 5.91 Å². The Morgan fingerprint density at radius 1 is 1.21 bits per heavy atom. The van der Waals surface area contributed by atoms with Gasteiger partial charge in [-0.15, -0.1) is 0 Å². The highest BCUT2D eigenvalue weighted by atomic mass is 32.2. The van der Waals surface area contributed by atoms with Gasteiger partial charge in [-0.05, 0) is 25.5 Å². The Labute approximate surface area is 115 Å². The summed E-state index contributed by atoms with van der Waals surface area (Å²) in [5, 5.41) is 1.62. The molecule has 1 rings (SSSR count). The van der Waals surface area contributed by atoms with E-state index in [9.17, 15) is 13.2 Å². The lowest BCUT2D eigenvalue weighted by Gasteiger charge is -2.16. The molecule has 4 nitrogen and oxygen atoms in total. The summed E-state index contributed by atoms with van der Waals surface area (Å²) >= 11 is 0. The Morgan fingerprint density at radius 2 is 1.84 bits per heavy atom. The van der Waals surface area contributed by atoms with Crippen molar-refractivity contribution in [1.82, 2.24) is 5.32 Å². The molecule has 0 saturated heterocycles. The van der Waals surface area contributed by atoms with Crippen LogP contribution in [0.25, 0.3) is 0 Å². The van der Waals surface area contributed by atoms with Crippen molar-refractivity contribution in [3.8, 4) is 0 Å². The lowest BCUT2D eigenvalue weighted by Crippen LogP contribution is -2.39. The highest BCUT2D eigenvalue weighted by Gasteiger charge is 2.32. The van der Waals surface area contributed by atoms with Crippen molar-refractivity contribution < 1.29 is 13.2 Å². The van der Waals surface area contributed by atoms with E-state index in [0.717, 1.165) is 6.42 Å². The van der Waals surface area contributed by atoms with E-state index in [1.165, 1.54) is 12.1 Å². The quantitative estimate of drug-likeness (QED) is 0.834. The van der Waals surface area contributed by atoms with Gasteiger partial charge in [0.1, 0.15) is 5.25 Å². The van der Waals surface area contributed by atoms with Gasteiger partial charge < -0.3 is 5.32 Å². The van der Waals surface area contributed by atoms with Gasteiger partial charge in [0, 0.05) is 6.54 Å². The molecule has 0 aliphatic heterocycles. The molecule has 0 radical (unpaired) electrons. The largest absolute Gasteiger partial charge is 0.355 e. The predicted octanol–water partition coefficient (Wildman–Crippen LogP) is 2.16. The molecular formula is C14H21NO3S. The van der Waals surface area contributed by atoms with Gasteiger partial charge in [-0.1, -0.05) is 38.0 Å². The minimum atomic E-state index is -3.61. The fraction of sp³-hybridized carbons (Fsp3) is 0.500. The van der Waals surface area contributed by atoms with E-state index in [1.807, 2.05) is 6.92 Å². The van der Waals surface area contributed by atoms with E-state index in [0.29, 0.717) is 19.4 Å². The van der Waals surface area contributed by atoms with E-state index in [-0.39, 0.29) is 4.90 Å². The Bertz CT molecular complexity index is 497. The third-order valence-electron chi connectivity index (χ3n) is 2.91. The summed E-state index contributed by atoms with van der Waals surface area (Å²) < 4.78 is 25.0. The Morgan fingerprint density at radius 3 is 2.37 bits per heavy atom. The SMILES string of the molecule is CCCCC(C(=O)NCC)S(=O)(=O)c1ccccc1. The number of carbonyl (C=O) groups is 1. The highest BCUT2D eigenvalue weighted by Crippen LogP contribution is 2.20. The predicted molar refractivity (Wildman–Crippen MR) is 75.6 cm³/mol. The van der Waals surface area contributed by atoms with E-state index in [1.54, 1.807) is 25.1 Å². The summed E-state index contributed by atoms with van der Waals surface area (Å²) in [6, 6.07) is 8.16. The zero-order chi connectivity index (χ0) is 14.3. The number of nitrogens with one attached hydrogen (secondary N) is 1. The summed E-state index contributed by atoms with van der Waals surface area (Å²) in [5.41, 5.74) is 0. The molecule has 0 fully saturated rings. The number of hydrogen-bond donors (Lipinski definition) is 1. The number of carbonyl (C=O) groups excluding carboxylic acids is 1. The van der Waals surface area contributed by atoms with E-state index < -0.39 is 21.0 Å². The molecule has 1 amide bonds. The van der Waals surface area contributed by atoms with Crippen LogP contribution in [0.3, 0.4) is 0 Å². The standard InChI is InChI=1S/C14H21NO3S/c1-3-5-11-13(14(16)15-4-2)19(17,18)12-9-7-6-8-10-12/h6-10,13H,3-5,11H2,1-2H3,(H,15,16). The zero-order valence-corrected chi connectivity index (χ0v) is 12.2. The second-order valence-corrected chi connectivity index (χ2v) is 6.51. The first-order valence-corrected chi connectivity index (χ1v) is 8.15. The molecule has 0 aromatic heterocycles. The van der Waals surface area contributed by atoms with Crippen molar-refractivity contribution in [2.24, 2.45) is 0 Å². The van der Waals surface area contributed by atoms with Crippen LogP contribution in [0.5, 0.6) is 0 Å². The lowest BCUT2D eigenvalue weighted by atomic mass is 10.2. The molecule has 1 unspecified atom stereocenters. The fourth-order valence-corrected chi connectivity index (χ4v) is 3.59. The molecule has 0 saturated carbocycles. The second-order valence-electron chi connectivity index (χ2n) is 4.38. The van der Waals surface area contributed by atoms with Gasteiger partial charge in [0.05, 0.1) is 4.90 Å². The molecule has 0 bridgehead atoms. The molecule has 5 heteroatoms. The van der Waals surface area contributed by atoms with E-state index in [4.69, 9.17) is 0 Å². The second kappa shape index (κ2) is 7.28. The molecule has 106 valence electrons. The molecule has 0 aliphatic rings. The summed E-state index contributed by atoms with van der Waals surface area (Å²) in [5.74, 6) is -0.403. The maximum atomic E-state index is 12.5. The molecule has 1 aromatic carbocycles. The van der Waals surface area contributed by atoms with Crippen LogP contribution in [0, 0.1) is 0 Å². The third kappa shape index (κ3) is 4.06. The van der Waals surface area contributed by atoms with Crippen molar-refractivity contribution in [3.63, 3.8) is 0 Å². The minimum absolute atomic E-state index is 0.211. The number of sulfone groups is 1. The molecular weight excluding hydrogens is 262 g/mol. The molecule has 0 aliphatic carbocycles. The van der Waals surface area contributed by atoms with Crippen LogP contribution in [0.2, 0.25) is 0 Å². The van der Waals surface area contributed by atoms with Crippen LogP contribution in [0.4, 0.5) is 0 Å². The maximum Gasteiger partial charge on any atom is 0.238 e. The van der Waals surface area contributed by atoms with Crippen LogP contribution >= 0.6 is 0 Å².